The molecule has 0 fully saturated rings. The molecule has 0 amide bonds. The number of phenolic OH excluding ortho intramolecular Hbond substituents is 1. The third-order valence-corrected chi connectivity index (χ3v) is 7.64. The first-order valence-corrected chi connectivity index (χ1v) is 14.6. The maximum atomic E-state index is 11.9. The maximum Gasteiger partial charge on any atom is 0.294 e. The van der Waals surface area contributed by atoms with Gasteiger partial charge in [0.05, 0.1) is 31.7 Å². The zero-order chi connectivity index (χ0) is 28.6. The smallest absolute Gasteiger partial charge is 0.294 e. The number of hydrogen-bond acceptors (Lipinski definition) is 13. The highest BCUT2D eigenvalue weighted by atomic mass is 32.2. The third-order valence-electron chi connectivity index (χ3n) is 5.10. The van der Waals surface area contributed by atoms with Crippen LogP contribution < -0.4 is 0 Å². The van der Waals surface area contributed by atoms with E-state index in [-0.39, 0.29) is 16.8 Å². The van der Waals surface area contributed by atoms with Crippen LogP contribution in [0.4, 0.5) is 22.7 Å². The van der Waals surface area contributed by atoms with E-state index in [0.717, 1.165) is 30.3 Å². The van der Waals surface area contributed by atoms with Crippen molar-refractivity contribution in [3.8, 4) is 5.75 Å². The summed E-state index contributed by atoms with van der Waals surface area (Å²) in [5.41, 5.74) is 0.395. The first-order chi connectivity index (χ1) is 18.1. The van der Waals surface area contributed by atoms with Crippen molar-refractivity contribution in [3.63, 3.8) is 0 Å². The molecule has 4 aromatic rings. The van der Waals surface area contributed by atoms with Crippen molar-refractivity contribution >= 4 is 63.9 Å². The minimum absolute atomic E-state index is 0.122. The highest BCUT2D eigenvalue weighted by molar-refractivity contribution is 7.86. The second-order valence-corrected chi connectivity index (χ2v) is 11.9. The van der Waals surface area contributed by atoms with Gasteiger partial charge in [0.15, 0.2) is 0 Å². The molecular formula is C22H14N4O10S3-2. The van der Waals surface area contributed by atoms with Crippen LogP contribution in [0, 0.1) is 0 Å². The molecule has 0 aliphatic rings. The zero-order valence-corrected chi connectivity index (χ0v) is 21.6. The number of aromatic hydroxyl groups is 1. The van der Waals surface area contributed by atoms with Crippen molar-refractivity contribution in [3.05, 3.63) is 72.8 Å². The molecule has 39 heavy (non-hydrogen) atoms. The molecule has 4 aromatic carbocycles. The number of phenols is 1. The molecule has 14 nitrogen and oxygen atoms in total. The molecule has 0 unspecified atom stereocenters. The lowest BCUT2D eigenvalue weighted by Crippen LogP contribution is -2.04. The number of benzene rings is 4. The molecule has 0 aliphatic carbocycles. The molecule has 0 atom stereocenters. The van der Waals surface area contributed by atoms with Gasteiger partial charge < -0.3 is 14.2 Å². The fourth-order valence-corrected chi connectivity index (χ4v) is 5.13. The minimum Gasteiger partial charge on any atom is -0.744 e. The average molecular weight is 591 g/mol. The van der Waals surface area contributed by atoms with E-state index in [4.69, 9.17) is 0 Å². The van der Waals surface area contributed by atoms with Crippen LogP contribution in [0.3, 0.4) is 0 Å². The van der Waals surface area contributed by atoms with Gasteiger partial charge in [0.2, 0.25) is 0 Å². The molecule has 0 aliphatic heterocycles. The van der Waals surface area contributed by atoms with Crippen LogP contribution in [0.1, 0.15) is 0 Å². The van der Waals surface area contributed by atoms with Crippen LogP contribution in [0.2, 0.25) is 0 Å². The molecule has 0 saturated heterocycles. The summed E-state index contributed by atoms with van der Waals surface area (Å²) in [5, 5.41) is 25.4. The normalized spacial score (nSPS) is 13.0. The van der Waals surface area contributed by atoms with Crippen molar-refractivity contribution in [1.29, 1.82) is 0 Å². The van der Waals surface area contributed by atoms with Gasteiger partial charge >= 0.3 is 0 Å². The van der Waals surface area contributed by atoms with E-state index in [1.807, 2.05) is 0 Å². The first-order valence-electron chi connectivity index (χ1n) is 10.4. The van der Waals surface area contributed by atoms with Gasteiger partial charge in [-0.15, -0.1) is 5.11 Å². The van der Waals surface area contributed by atoms with E-state index in [1.165, 1.54) is 36.4 Å². The van der Waals surface area contributed by atoms with Gasteiger partial charge in [0, 0.05) is 5.39 Å². The van der Waals surface area contributed by atoms with E-state index in [0.29, 0.717) is 11.8 Å². The Morgan fingerprint density at radius 2 is 1.08 bits per heavy atom. The van der Waals surface area contributed by atoms with Crippen LogP contribution in [0.25, 0.3) is 10.8 Å². The van der Waals surface area contributed by atoms with Crippen LogP contribution in [-0.2, 0) is 30.4 Å². The van der Waals surface area contributed by atoms with Crippen LogP contribution in [0.15, 0.2) is 108 Å². The van der Waals surface area contributed by atoms with Gasteiger partial charge in [-0.05, 0) is 72.1 Å². The van der Waals surface area contributed by atoms with Crippen molar-refractivity contribution in [2.45, 2.75) is 14.7 Å². The number of fused-ring (bicyclic) bond motifs is 1. The Kier molecular flexibility index (Phi) is 7.30. The Balaban J connectivity index is 1.66. The van der Waals surface area contributed by atoms with Crippen molar-refractivity contribution in [2.24, 2.45) is 20.5 Å². The summed E-state index contributed by atoms with van der Waals surface area (Å²) < 4.78 is 101. The van der Waals surface area contributed by atoms with Gasteiger partial charge in [-0.2, -0.15) is 23.8 Å². The molecule has 2 N–H and O–H groups in total. The maximum absolute atomic E-state index is 11.9. The Morgan fingerprint density at radius 3 is 1.54 bits per heavy atom. The summed E-state index contributed by atoms with van der Waals surface area (Å²) in [6.07, 6.45) is 0. The minimum atomic E-state index is -5.29. The fourth-order valence-electron chi connectivity index (χ4n) is 3.31. The third kappa shape index (κ3) is 6.48. The van der Waals surface area contributed by atoms with E-state index < -0.39 is 61.9 Å². The van der Waals surface area contributed by atoms with Crippen LogP contribution in [-0.4, -0.2) is 44.0 Å². The number of rotatable bonds is 7. The SMILES string of the molecule is O=S(=O)([O-])c1ccc(N=Nc2ccc(N=Nc3c(O)ccc4cc(S(=O)(=O)O)cc(S(=O)(=O)[O-])c34)cc2)cc1. The average Bonchev–Trinajstić information content (AvgIpc) is 2.85. The van der Waals surface area contributed by atoms with E-state index in [2.05, 4.69) is 20.5 Å². The van der Waals surface area contributed by atoms with Gasteiger partial charge in [-0.1, -0.05) is 6.07 Å². The number of azo groups is 2. The van der Waals surface area contributed by atoms with Gasteiger partial charge in [-0.25, -0.2) is 16.8 Å². The molecule has 0 saturated carbocycles. The summed E-state index contributed by atoms with van der Waals surface area (Å²) in [7, 11) is -14.7. The molecule has 0 bridgehead atoms. The Hall–Kier alpha value is -4.13. The summed E-state index contributed by atoms with van der Waals surface area (Å²) in [5.74, 6) is -0.558. The Labute approximate surface area is 221 Å². The van der Waals surface area contributed by atoms with E-state index in [9.17, 15) is 44.0 Å². The van der Waals surface area contributed by atoms with E-state index in [1.54, 1.807) is 0 Å². The summed E-state index contributed by atoms with van der Waals surface area (Å²) >= 11 is 0. The number of nitrogens with zero attached hydrogens (tertiary/aromatic N) is 4. The highest BCUT2D eigenvalue weighted by Gasteiger charge is 2.20. The standard InChI is InChI=1S/C22H16N4O10S3/c27-19-10-1-13-11-18(38(31,32)33)12-20(39(34,35)36)21(13)22(19)26-25-15-4-2-14(3-5-15)23-24-16-6-8-17(9-7-16)37(28,29)30/h1-12,27H,(H,28,29,30)(H,31,32,33)(H,34,35,36)/p-2. The molecule has 0 spiro atoms. The van der Waals surface area contributed by atoms with Crippen LogP contribution >= 0.6 is 0 Å². The van der Waals surface area contributed by atoms with Crippen LogP contribution in [0.5, 0.6) is 5.75 Å². The molecule has 4 rings (SSSR count). The fraction of sp³-hybridized carbons (Fsp3) is 0. The molecule has 0 aromatic heterocycles. The van der Waals surface area contributed by atoms with Crippen molar-refractivity contribution in [2.75, 3.05) is 0 Å². The predicted molar refractivity (Wildman–Crippen MR) is 133 cm³/mol. The quantitative estimate of drug-likeness (QED) is 0.226. The summed E-state index contributed by atoms with van der Waals surface area (Å²) in [6.45, 7) is 0. The second kappa shape index (κ2) is 10.2. The van der Waals surface area contributed by atoms with Crippen molar-refractivity contribution in [1.82, 2.24) is 0 Å². The highest BCUT2D eigenvalue weighted by Crippen LogP contribution is 2.41. The predicted octanol–water partition coefficient (Wildman–Crippen LogP) is 4.43. The lowest BCUT2D eigenvalue weighted by molar-refractivity contribution is 0.460. The van der Waals surface area contributed by atoms with Gasteiger partial charge in [-0.3, -0.25) is 4.55 Å². The monoisotopic (exact) mass is 590 g/mol. The lowest BCUT2D eigenvalue weighted by Gasteiger charge is -2.14. The Morgan fingerprint density at radius 1 is 0.590 bits per heavy atom. The van der Waals surface area contributed by atoms with E-state index >= 15 is 0 Å². The topological polar surface area (TPSA) is 238 Å². The largest absolute Gasteiger partial charge is 0.744 e. The first kappa shape index (κ1) is 27.9. The molecule has 0 heterocycles. The zero-order valence-electron chi connectivity index (χ0n) is 19.1. The number of hydrogen-bond donors (Lipinski definition) is 2. The van der Waals surface area contributed by atoms with Gasteiger partial charge in [0.25, 0.3) is 10.1 Å². The molecule has 0 radical (unpaired) electrons. The second-order valence-electron chi connectivity index (χ2n) is 7.75. The molecule has 202 valence electrons. The van der Waals surface area contributed by atoms with Gasteiger partial charge in [0.1, 0.15) is 31.7 Å². The summed E-state index contributed by atoms with van der Waals surface area (Å²) in [6, 6.07) is 14.2. The molecule has 17 heteroatoms. The Bertz CT molecular complexity index is 1970. The lowest BCUT2D eigenvalue weighted by atomic mass is 10.1. The summed E-state index contributed by atoms with van der Waals surface area (Å²) in [4.78, 5) is -2.28. The molecular weight excluding hydrogens is 576 g/mol. The van der Waals surface area contributed by atoms with Crippen molar-refractivity contribution < 1.29 is 44.0 Å².